The molecule has 3 aliphatic heterocycles. The zero-order valence-corrected chi connectivity index (χ0v) is 14.5. The molecule has 0 aromatic carbocycles. The third-order valence-electron chi connectivity index (χ3n) is 5.19. The maximum absolute atomic E-state index is 12.2. The van der Waals surface area contributed by atoms with Crippen molar-refractivity contribution in [1.29, 1.82) is 0 Å². The summed E-state index contributed by atoms with van der Waals surface area (Å²) in [6.45, 7) is 1.04. The van der Waals surface area contributed by atoms with Crippen molar-refractivity contribution in [3.63, 3.8) is 0 Å². The number of nitrogens with zero attached hydrogens (tertiary/aromatic N) is 1. The summed E-state index contributed by atoms with van der Waals surface area (Å²) >= 11 is 1.89. The number of piperidine rings is 1. The number of hydrogen-bond acceptors (Lipinski definition) is 4. The van der Waals surface area contributed by atoms with E-state index in [4.69, 9.17) is 5.11 Å². The van der Waals surface area contributed by atoms with Crippen LogP contribution in [-0.2, 0) is 9.59 Å². The first-order valence-corrected chi connectivity index (χ1v) is 9.78. The Morgan fingerprint density at radius 3 is 2.92 bits per heavy atom. The largest absolute Gasteiger partial charge is 0.481 e. The number of carbonyl (C=O) groups is 3. The molecule has 3 aliphatic rings. The predicted octanol–water partition coefficient (Wildman–Crippen LogP) is 1.04. The van der Waals surface area contributed by atoms with Crippen LogP contribution in [0.5, 0.6) is 0 Å². The lowest BCUT2D eigenvalue weighted by atomic mass is 9.97. The van der Waals surface area contributed by atoms with Gasteiger partial charge >= 0.3 is 12.0 Å². The number of nitrogens with one attached hydrogen (secondary N) is 2. The molecule has 3 amide bonds. The van der Waals surface area contributed by atoms with E-state index in [1.165, 1.54) is 0 Å². The van der Waals surface area contributed by atoms with Crippen molar-refractivity contribution in [3.05, 3.63) is 0 Å². The fourth-order valence-electron chi connectivity index (χ4n) is 3.83. The van der Waals surface area contributed by atoms with Gasteiger partial charge in [0.05, 0.1) is 18.0 Å². The lowest BCUT2D eigenvalue weighted by Gasteiger charge is -2.30. The molecule has 0 saturated carbocycles. The van der Waals surface area contributed by atoms with E-state index in [1.807, 2.05) is 11.8 Å². The molecule has 0 unspecified atom stereocenters. The second-order valence-corrected chi connectivity index (χ2v) is 8.16. The van der Waals surface area contributed by atoms with Crippen LogP contribution in [0.15, 0.2) is 0 Å². The van der Waals surface area contributed by atoms with E-state index in [9.17, 15) is 14.4 Å². The average molecular weight is 355 g/mol. The summed E-state index contributed by atoms with van der Waals surface area (Å²) in [7, 11) is 0. The van der Waals surface area contributed by atoms with E-state index in [0.29, 0.717) is 31.2 Å². The highest BCUT2D eigenvalue weighted by Crippen LogP contribution is 2.33. The summed E-state index contributed by atoms with van der Waals surface area (Å²) in [6, 6.07) is 0.399. The molecular formula is C16H25N3O4S. The molecule has 8 heteroatoms. The van der Waals surface area contributed by atoms with Crippen LogP contribution in [0.2, 0.25) is 0 Å². The van der Waals surface area contributed by atoms with Gasteiger partial charge in [0, 0.05) is 30.5 Å². The third kappa shape index (κ3) is 3.96. The van der Waals surface area contributed by atoms with Gasteiger partial charge in [0.25, 0.3) is 0 Å². The maximum atomic E-state index is 12.2. The number of carbonyl (C=O) groups excluding carboxylic acids is 2. The number of unbranched alkanes of at least 4 members (excludes halogenated alkanes) is 1. The van der Waals surface area contributed by atoms with Gasteiger partial charge in [0.1, 0.15) is 0 Å². The number of aliphatic carboxylic acids is 1. The molecule has 0 aromatic rings. The molecule has 3 rings (SSSR count). The monoisotopic (exact) mass is 355 g/mol. The molecule has 3 N–H and O–H groups in total. The van der Waals surface area contributed by atoms with E-state index < -0.39 is 11.9 Å². The van der Waals surface area contributed by atoms with Crippen LogP contribution in [0.1, 0.15) is 38.5 Å². The molecule has 0 aliphatic carbocycles. The molecule has 7 nitrogen and oxygen atoms in total. The van der Waals surface area contributed by atoms with Gasteiger partial charge in [-0.15, -0.1) is 0 Å². The van der Waals surface area contributed by atoms with E-state index in [-0.39, 0.29) is 24.0 Å². The first-order valence-electron chi connectivity index (χ1n) is 8.74. The number of hydrogen-bond donors (Lipinski definition) is 3. The van der Waals surface area contributed by atoms with Crippen LogP contribution >= 0.6 is 11.8 Å². The summed E-state index contributed by atoms with van der Waals surface area (Å²) in [4.78, 5) is 36.4. The Bertz CT molecular complexity index is 516. The fraction of sp³-hybridized carbons (Fsp3) is 0.812. The van der Waals surface area contributed by atoms with Gasteiger partial charge in [-0.05, 0) is 25.7 Å². The molecule has 134 valence electrons. The standard InChI is InChI=1S/C16H25N3O4S/c20-13(19-7-3-4-10(8-19)15(21)22)6-2-1-5-12-14-11(9-24-12)17-16(23)18-14/h10-12,14H,1-9H2,(H,21,22)(H2,17,18,23)/t10-,11-,12-,14-/m0/s1. The minimum atomic E-state index is -0.799. The molecule has 0 aromatic heterocycles. The highest BCUT2D eigenvalue weighted by molar-refractivity contribution is 8.00. The Labute approximate surface area is 145 Å². The number of thioether (sulfide) groups is 1. The summed E-state index contributed by atoms with van der Waals surface area (Å²) in [6.07, 6.45) is 4.71. The molecule has 24 heavy (non-hydrogen) atoms. The first-order chi connectivity index (χ1) is 11.5. The van der Waals surface area contributed by atoms with Gasteiger partial charge in [-0.2, -0.15) is 11.8 Å². The number of fused-ring (bicyclic) bond motifs is 1. The highest BCUT2D eigenvalue weighted by atomic mass is 32.2. The smallest absolute Gasteiger partial charge is 0.315 e. The number of rotatable bonds is 6. The lowest BCUT2D eigenvalue weighted by molar-refractivity contribution is -0.145. The topological polar surface area (TPSA) is 98.7 Å². The second kappa shape index (κ2) is 7.63. The Kier molecular flexibility index (Phi) is 5.53. The minimum absolute atomic E-state index is 0.0661. The number of urea groups is 1. The molecule has 0 radical (unpaired) electrons. The SMILES string of the molecule is O=C1N[C@H]2[C@H](CS[C@H]2CCCCC(=O)N2CCC[C@H](C(=O)O)C2)N1. The van der Waals surface area contributed by atoms with Gasteiger partial charge in [0.2, 0.25) is 5.91 Å². The van der Waals surface area contributed by atoms with E-state index >= 15 is 0 Å². The van der Waals surface area contributed by atoms with Crippen molar-refractivity contribution < 1.29 is 19.5 Å². The van der Waals surface area contributed by atoms with E-state index in [2.05, 4.69) is 10.6 Å². The maximum Gasteiger partial charge on any atom is 0.315 e. The Morgan fingerprint density at radius 1 is 1.29 bits per heavy atom. The molecule has 3 heterocycles. The van der Waals surface area contributed by atoms with Crippen molar-refractivity contribution >= 4 is 29.7 Å². The van der Waals surface area contributed by atoms with Crippen molar-refractivity contribution in [1.82, 2.24) is 15.5 Å². The van der Waals surface area contributed by atoms with Gasteiger partial charge in [-0.3, -0.25) is 9.59 Å². The highest BCUT2D eigenvalue weighted by Gasteiger charge is 2.42. The summed E-state index contributed by atoms with van der Waals surface area (Å²) in [5.41, 5.74) is 0. The van der Waals surface area contributed by atoms with E-state index in [1.54, 1.807) is 4.90 Å². The quantitative estimate of drug-likeness (QED) is 0.488. The average Bonchev–Trinajstić information content (AvgIpc) is 3.11. The number of carboxylic acid groups (broad SMARTS) is 1. The predicted molar refractivity (Wildman–Crippen MR) is 90.9 cm³/mol. The Balaban J connectivity index is 1.35. The molecule has 3 saturated heterocycles. The van der Waals surface area contributed by atoms with Gasteiger partial charge in [-0.1, -0.05) is 6.42 Å². The Hall–Kier alpha value is -1.44. The zero-order valence-electron chi connectivity index (χ0n) is 13.7. The van der Waals surface area contributed by atoms with Crippen LogP contribution < -0.4 is 10.6 Å². The summed E-state index contributed by atoms with van der Waals surface area (Å²) < 4.78 is 0. The van der Waals surface area contributed by atoms with Crippen LogP contribution in [0, 0.1) is 5.92 Å². The van der Waals surface area contributed by atoms with Crippen LogP contribution in [0.25, 0.3) is 0 Å². The summed E-state index contributed by atoms with van der Waals surface area (Å²) in [5.74, 6) is -0.175. The minimum Gasteiger partial charge on any atom is -0.481 e. The zero-order chi connectivity index (χ0) is 17.1. The van der Waals surface area contributed by atoms with E-state index in [0.717, 1.165) is 31.4 Å². The second-order valence-electron chi connectivity index (χ2n) is 6.88. The van der Waals surface area contributed by atoms with Crippen LogP contribution in [-0.4, -0.2) is 64.1 Å². The normalized spacial score (nSPS) is 32.2. The van der Waals surface area contributed by atoms with Crippen molar-refractivity contribution in [2.75, 3.05) is 18.8 Å². The van der Waals surface area contributed by atoms with Crippen molar-refractivity contribution in [2.24, 2.45) is 5.92 Å². The van der Waals surface area contributed by atoms with Crippen LogP contribution in [0.3, 0.4) is 0 Å². The molecular weight excluding hydrogens is 330 g/mol. The third-order valence-corrected chi connectivity index (χ3v) is 6.70. The number of amides is 3. The van der Waals surface area contributed by atoms with Crippen molar-refractivity contribution in [3.8, 4) is 0 Å². The molecule has 0 bridgehead atoms. The number of likely N-dealkylation sites (tertiary alicyclic amines) is 1. The molecule has 4 atom stereocenters. The fourth-order valence-corrected chi connectivity index (χ4v) is 5.37. The van der Waals surface area contributed by atoms with Crippen molar-refractivity contribution in [2.45, 2.75) is 55.9 Å². The number of carboxylic acids is 1. The molecule has 0 spiro atoms. The first kappa shape index (κ1) is 17.4. The van der Waals surface area contributed by atoms with Crippen LogP contribution in [0.4, 0.5) is 4.79 Å². The molecule has 3 fully saturated rings. The summed E-state index contributed by atoms with van der Waals surface area (Å²) in [5, 5.41) is 15.4. The van der Waals surface area contributed by atoms with Gasteiger partial charge < -0.3 is 20.6 Å². The van der Waals surface area contributed by atoms with Gasteiger partial charge in [-0.25, -0.2) is 4.79 Å². The Morgan fingerprint density at radius 2 is 2.12 bits per heavy atom. The van der Waals surface area contributed by atoms with Gasteiger partial charge in [0.15, 0.2) is 0 Å². The lowest BCUT2D eigenvalue weighted by Crippen LogP contribution is -2.42.